The zero-order valence-electron chi connectivity index (χ0n) is 10.1. The fourth-order valence-corrected chi connectivity index (χ4v) is 3.89. The molecule has 1 saturated heterocycles. The summed E-state index contributed by atoms with van der Waals surface area (Å²) in [7, 11) is 2.16. The zero-order valence-corrected chi connectivity index (χ0v) is 12.5. The van der Waals surface area contributed by atoms with Crippen LogP contribution in [0.25, 0.3) is 11.0 Å². The maximum atomic E-state index is 4.52. The van der Waals surface area contributed by atoms with Gasteiger partial charge in [-0.3, -0.25) is 9.97 Å². The molecule has 2 aromatic rings. The summed E-state index contributed by atoms with van der Waals surface area (Å²) in [6.45, 7) is 0. The van der Waals surface area contributed by atoms with Crippen LogP contribution >= 0.6 is 27.7 Å². The first-order valence-electron chi connectivity index (χ1n) is 5.96. The number of fused-ring (bicyclic) bond motifs is 1. The SMILES string of the molecule is CN(c1ccnc2cc(Br)cnc12)C1CCSC1. The molecule has 0 amide bonds. The lowest BCUT2D eigenvalue weighted by atomic mass is 10.2. The first kappa shape index (κ1) is 12.2. The summed E-state index contributed by atoms with van der Waals surface area (Å²) < 4.78 is 0.971. The number of anilines is 1. The minimum absolute atomic E-state index is 0.617. The number of rotatable bonds is 2. The molecule has 0 spiro atoms. The lowest BCUT2D eigenvalue weighted by molar-refractivity contribution is 0.701. The molecule has 3 rings (SSSR count). The first-order chi connectivity index (χ1) is 8.75. The molecule has 2 aromatic heterocycles. The van der Waals surface area contributed by atoms with Gasteiger partial charge >= 0.3 is 0 Å². The highest BCUT2D eigenvalue weighted by molar-refractivity contribution is 9.10. The molecule has 0 radical (unpaired) electrons. The van der Waals surface area contributed by atoms with E-state index in [4.69, 9.17) is 0 Å². The number of hydrogen-bond acceptors (Lipinski definition) is 4. The van der Waals surface area contributed by atoms with Crippen molar-refractivity contribution in [3.63, 3.8) is 0 Å². The van der Waals surface area contributed by atoms with Gasteiger partial charge in [0, 0.05) is 35.7 Å². The molecule has 3 nitrogen and oxygen atoms in total. The van der Waals surface area contributed by atoms with Crippen molar-refractivity contribution >= 4 is 44.4 Å². The predicted octanol–water partition coefficient (Wildman–Crippen LogP) is 3.33. The lowest BCUT2D eigenvalue weighted by Gasteiger charge is -2.26. The second-order valence-corrected chi connectivity index (χ2v) is 6.55. The minimum Gasteiger partial charge on any atom is -0.369 e. The van der Waals surface area contributed by atoms with Crippen LogP contribution in [0.1, 0.15) is 6.42 Å². The number of pyridine rings is 2. The van der Waals surface area contributed by atoms with E-state index in [1.165, 1.54) is 23.6 Å². The molecule has 18 heavy (non-hydrogen) atoms. The van der Waals surface area contributed by atoms with Gasteiger partial charge in [0.15, 0.2) is 0 Å². The summed E-state index contributed by atoms with van der Waals surface area (Å²) in [5.74, 6) is 2.47. The van der Waals surface area contributed by atoms with Crippen molar-refractivity contribution in [3.8, 4) is 0 Å². The molecule has 1 fully saturated rings. The van der Waals surface area contributed by atoms with Gasteiger partial charge in [-0.05, 0) is 40.2 Å². The average molecular weight is 324 g/mol. The summed E-state index contributed by atoms with van der Waals surface area (Å²) in [4.78, 5) is 11.3. The summed E-state index contributed by atoms with van der Waals surface area (Å²) in [6.07, 6.45) is 4.96. The Labute approximate surface area is 119 Å². The molecule has 0 aliphatic carbocycles. The van der Waals surface area contributed by atoms with Crippen molar-refractivity contribution in [2.75, 3.05) is 23.5 Å². The molecule has 0 aromatic carbocycles. The second kappa shape index (κ2) is 5.05. The Balaban J connectivity index is 2.05. The largest absolute Gasteiger partial charge is 0.369 e. The third-order valence-electron chi connectivity index (χ3n) is 3.36. The monoisotopic (exact) mass is 323 g/mol. The van der Waals surface area contributed by atoms with Crippen molar-refractivity contribution in [1.29, 1.82) is 0 Å². The van der Waals surface area contributed by atoms with Crippen LogP contribution in [0.5, 0.6) is 0 Å². The van der Waals surface area contributed by atoms with Crippen LogP contribution in [0.2, 0.25) is 0 Å². The normalized spacial score (nSPS) is 19.3. The molecule has 0 saturated carbocycles. The topological polar surface area (TPSA) is 29.0 Å². The standard InChI is InChI=1S/C13H14BrN3S/c1-17(10-3-5-18-8-10)12-2-4-15-11-6-9(14)7-16-13(11)12/h2,4,6-7,10H,3,5,8H2,1H3. The molecule has 94 valence electrons. The summed E-state index contributed by atoms with van der Waals surface area (Å²) in [5.41, 5.74) is 3.11. The quantitative estimate of drug-likeness (QED) is 0.847. The van der Waals surface area contributed by atoms with E-state index in [9.17, 15) is 0 Å². The Kier molecular flexibility index (Phi) is 3.43. The Bertz CT molecular complexity index is 569. The second-order valence-electron chi connectivity index (χ2n) is 4.48. The first-order valence-corrected chi connectivity index (χ1v) is 7.91. The van der Waals surface area contributed by atoms with Crippen molar-refractivity contribution in [3.05, 3.63) is 29.0 Å². The molecule has 1 atom stereocenters. The Morgan fingerprint density at radius 3 is 3.11 bits per heavy atom. The summed E-state index contributed by atoms with van der Waals surface area (Å²) in [5, 5.41) is 0. The predicted molar refractivity (Wildman–Crippen MR) is 81.4 cm³/mol. The Hall–Kier alpha value is -0.810. The van der Waals surface area contributed by atoms with Gasteiger partial charge in [-0.15, -0.1) is 0 Å². The smallest absolute Gasteiger partial charge is 0.112 e. The Morgan fingerprint density at radius 1 is 1.44 bits per heavy atom. The number of thioether (sulfide) groups is 1. The molecule has 1 aliphatic heterocycles. The Morgan fingerprint density at radius 2 is 2.33 bits per heavy atom. The van der Waals surface area contributed by atoms with Crippen LogP contribution in [-0.2, 0) is 0 Å². The van der Waals surface area contributed by atoms with Gasteiger partial charge in [-0.2, -0.15) is 11.8 Å². The van der Waals surface area contributed by atoms with Gasteiger partial charge in [0.2, 0.25) is 0 Å². The van der Waals surface area contributed by atoms with E-state index < -0.39 is 0 Å². The summed E-state index contributed by atoms with van der Waals surface area (Å²) >= 11 is 5.47. The molecular formula is C13H14BrN3S. The minimum atomic E-state index is 0.617. The molecular weight excluding hydrogens is 310 g/mol. The van der Waals surface area contributed by atoms with Crippen LogP contribution < -0.4 is 4.90 Å². The number of aromatic nitrogens is 2. The van der Waals surface area contributed by atoms with Crippen LogP contribution in [0.4, 0.5) is 5.69 Å². The van der Waals surface area contributed by atoms with E-state index >= 15 is 0 Å². The maximum Gasteiger partial charge on any atom is 0.112 e. The number of nitrogens with zero attached hydrogens (tertiary/aromatic N) is 3. The van der Waals surface area contributed by atoms with E-state index in [2.05, 4.69) is 43.9 Å². The molecule has 5 heteroatoms. The molecule has 0 N–H and O–H groups in total. The van der Waals surface area contributed by atoms with E-state index in [1.54, 1.807) is 0 Å². The van der Waals surface area contributed by atoms with E-state index in [-0.39, 0.29) is 0 Å². The fraction of sp³-hybridized carbons (Fsp3) is 0.385. The highest BCUT2D eigenvalue weighted by atomic mass is 79.9. The van der Waals surface area contributed by atoms with E-state index in [1.807, 2.05) is 30.2 Å². The molecule has 1 unspecified atom stereocenters. The van der Waals surface area contributed by atoms with Crippen LogP contribution in [0.15, 0.2) is 29.0 Å². The number of halogens is 1. The lowest BCUT2D eigenvalue weighted by Crippen LogP contribution is -2.31. The van der Waals surface area contributed by atoms with Gasteiger partial charge in [0.05, 0.1) is 11.2 Å². The average Bonchev–Trinajstić information content (AvgIpc) is 2.90. The van der Waals surface area contributed by atoms with Crippen LogP contribution in [0.3, 0.4) is 0 Å². The van der Waals surface area contributed by atoms with Gasteiger partial charge in [-0.1, -0.05) is 0 Å². The maximum absolute atomic E-state index is 4.52. The third kappa shape index (κ3) is 2.21. The van der Waals surface area contributed by atoms with Gasteiger partial charge < -0.3 is 4.90 Å². The third-order valence-corrected chi connectivity index (χ3v) is 4.93. The van der Waals surface area contributed by atoms with Crippen molar-refractivity contribution in [2.24, 2.45) is 0 Å². The molecule has 3 heterocycles. The fourth-order valence-electron chi connectivity index (χ4n) is 2.30. The number of hydrogen-bond donors (Lipinski definition) is 0. The van der Waals surface area contributed by atoms with Crippen LogP contribution in [0, 0.1) is 0 Å². The van der Waals surface area contributed by atoms with Gasteiger partial charge in [0.1, 0.15) is 5.52 Å². The van der Waals surface area contributed by atoms with Crippen molar-refractivity contribution in [1.82, 2.24) is 9.97 Å². The zero-order chi connectivity index (χ0) is 12.5. The van der Waals surface area contributed by atoms with Crippen LogP contribution in [-0.4, -0.2) is 34.6 Å². The molecule has 0 bridgehead atoms. The van der Waals surface area contributed by atoms with E-state index in [0.29, 0.717) is 6.04 Å². The van der Waals surface area contributed by atoms with Gasteiger partial charge in [0.25, 0.3) is 0 Å². The van der Waals surface area contributed by atoms with Gasteiger partial charge in [-0.25, -0.2) is 0 Å². The van der Waals surface area contributed by atoms with Crippen molar-refractivity contribution < 1.29 is 0 Å². The highest BCUT2D eigenvalue weighted by Crippen LogP contribution is 2.30. The summed E-state index contributed by atoms with van der Waals surface area (Å²) in [6, 6.07) is 4.70. The molecule has 1 aliphatic rings. The van der Waals surface area contributed by atoms with E-state index in [0.717, 1.165) is 15.5 Å². The van der Waals surface area contributed by atoms with Crippen molar-refractivity contribution in [2.45, 2.75) is 12.5 Å². The highest BCUT2D eigenvalue weighted by Gasteiger charge is 2.22.